The Hall–Kier alpha value is -0.950. The molecule has 3 rings (SSSR count). The van der Waals surface area contributed by atoms with Crippen LogP contribution in [0.2, 0.25) is 0 Å². The van der Waals surface area contributed by atoms with Gasteiger partial charge in [0.1, 0.15) is 18.8 Å². The first-order chi connectivity index (χ1) is 9.36. The molecule has 1 aromatic carbocycles. The third kappa shape index (κ3) is 3.38. The molecule has 0 saturated carbocycles. The van der Waals surface area contributed by atoms with Gasteiger partial charge in [-0.25, -0.2) is 0 Å². The molecule has 2 aromatic rings. The lowest BCUT2D eigenvalue weighted by Crippen LogP contribution is -3.09. The smallest absolute Gasteiger partial charge is 0.285 e. The van der Waals surface area contributed by atoms with Crippen LogP contribution in [0, 0.1) is 0 Å². The summed E-state index contributed by atoms with van der Waals surface area (Å²) in [4.78, 5) is 6.17. The zero-order chi connectivity index (χ0) is 13.1. The lowest BCUT2D eigenvalue weighted by Gasteiger charge is -2.20. The monoisotopic (exact) mass is 356 g/mol. The van der Waals surface area contributed by atoms with Crippen molar-refractivity contribution in [3.05, 3.63) is 29.6 Å². The molecule has 0 spiro atoms. The Morgan fingerprint density at radius 2 is 1.90 bits per heavy atom. The van der Waals surface area contributed by atoms with Crippen molar-refractivity contribution in [1.29, 1.82) is 0 Å². The molecule has 20 heavy (non-hydrogen) atoms. The Kier molecular flexibility index (Phi) is 5.54. The predicted octanol–water partition coefficient (Wildman–Crippen LogP) is -1.63. The van der Waals surface area contributed by atoms with Crippen molar-refractivity contribution in [2.45, 2.75) is 0 Å². The maximum Gasteiger partial charge on any atom is 0.285 e. The highest BCUT2D eigenvalue weighted by molar-refractivity contribution is 7.13. The van der Waals surface area contributed by atoms with Gasteiger partial charge in [0.25, 0.3) is 5.13 Å². The van der Waals surface area contributed by atoms with Crippen LogP contribution in [0.15, 0.2) is 29.6 Å². The van der Waals surface area contributed by atoms with Gasteiger partial charge in [0.2, 0.25) is 0 Å². The van der Waals surface area contributed by atoms with Crippen LogP contribution in [0.1, 0.15) is 0 Å². The highest BCUT2D eigenvalue weighted by Crippen LogP contribution is 2.24. The largest absolute Gasteiger partial charge is 1.00 e. The molecular weight excluding hydrogens is 340 g/mol. The summed E-state index contributed by atoms with van der Waals surface area (Å²) in [7, 11) is 1.68. The van der Waals surface area contributed by atoms with Crippen molar-refractivity contribution in [3.8, 4) is 17.0 Å². The molecule has 0 unspecified atom stereocenters. The quantitative estimate of drug-likeness (QED) is 0.717. The van der Waals surface area contributed by atoms with E-state index in [-0.39, 0.29) is 17.0 Å². The van der Waals surface area contributed by atoms with E-state index in [0.717, 1.165) is 48.4 Å². The fourth-order valence-electron chi connectivity index (χ4n) is 2.16. The molecule has 4 nitrogen and oxygen atoms in total. The highest BCUT2D eigenvalue weighted by atomic mass is 79.9. The molecule has 1 fully saturated rings. The lowest BCUT2D eigenvalue weighted by molar-refractivity contribution is -0.841. The average molecular weight is 357 g/mol. The molecule has 6 heteroatoms. The first-order valence-corrected chi connectivity index (χ1v) is 7.27. The number of hydrogen-bond acceptors (Lipinski definition) is 4. The minimum Gasteiger partial charge on any atom is -1.00 e. The van der Waals surface area contributed by atoms with Crippen molar-refractivity contribution < 1.29 is 31.4 Å². The standard InChI is InChI=1S/C14H16N2O2S.BrH/c1-17-12-4-2-11(3-5-12)13-10-19-14(15-13)16-6-8-18-9-7-16;/h2-5,10H,6-9H2,1H3;1H. The maximum atomic E-state index is 5.38. The molecule has 0 amide bonds. The predicted molar refractivity (Wildman–Crippen MR) is 75.3 cm³/mol. The first kappa shape index (κ1) is 15.4. The number of nitrogens with one attached hydrogen (secondary N) is 1. The molecule has 0 aliphatic carbocycles. The van der Waals surface area contributed by atoms with Gasteiger partial charge in [-0.05, 0) is 24.3 Å². The molecule has 108 valence electrons. The summed E-state index contributed by atoms with van der Waals surface area (Å²) in [5, 5.41) is 3.29. The molecule has 0 atom stereocenters. The van der Waals surface area contributed by atoms with Gasteiger partial charge in [-0.15, -0.1) is 0 Å². The summed E-state index contributed by atoms with van der Waals surface area (Å²) in [5.41, 5.74) is 2.18. The normalized spacial score (nSPS) is 15.7. The minimum atomic E-state index is 0. The second-order valence-electron chi connectivity index (χ2n) is 4.48. The van der Waals surface area contributed by atoms with E-state index in [9.17, 15) is 0 Å². The van der Waals surface area contributed by atoms with Crippen LogP contribution in [-0.2, 0) is 4.74 Å². The van der Waals surface area contributed by atoms with Crippen molar-refractivity contribution >= 4 is 16.5 Å². The van der Waals surface area contributed by atoms with Gasteiger partial charge in [0.05, 0.1) is 26.0 Å². The van der Waals surface area contributed by atoms with Gasteiger partial charge in [-0.3, -0.25) is 4.90 Å². The number of rotatable bonds is 3. The van der Waals surface area contributed by atoms with Crippen LogP contribution in [0.5, 0.6) is 5.75 Å². The van der Waals surface area contributed by atoms with Crippen molar-refractivity contribution in [1.82, 2.24) is 4.98 Å². The lowest BCUT2D eigenvalue weighted by atomic mass is 10.2. The summed E-state index contributed by atoms with van der Waals surface area (Å²) in [6.45, 7) is 3.67. The number of morpholine rings is 1. The van der Waals surface area contributed by atoms with Gasteiger partial charge < -0.3 is 26.5 Å². The van der Waals surface area contributed by atoms with Crippen LogP contribution >= 0.6 is 11.3 Å². The fourth-order valence-corrected chi connectivity index (χ4v) is 3.10. The molecule has 0 bridgehead atoms. The fraction of sp³-hybridized carbons (Fsp3) is 0.357. The number of aromatic nitrogens is 1. The Labute approximate surface area is 133 Å². The third-order valence-corrected chi connectivity index (χ3v) is 4.23. The van der Waals surface area contributed by atoms with E-state index in [1.807, 2.05) is 24.3 Å². The van der Waals surface area contributed by atoms with Crippen molar-refractivity contribution in [2.75, 3.05) is 33.4 Å². The highest BCUT2D eigenvalue weighted by Gasteiger charge is 2.20. The number of ether oxygens (including phenoxy) is 2. The summed E-state index contributed by atoms with van der Waals surface area (Å²) >= 11 is 1.73. The molecule has 2 heterocycles. The van der Waals surface area contributed by atoms with E-state index in [1.165, 1.54) is 4.90 Å². The van der Waals surface area contributed by atoms with E-state index >= 15 is 0 Å². The van der Waals surface area contributed by atoms with Gasteiger partial charge in [-0.2, -0.15) is 4.98 Å². The minimum absolute atomic E-state index is 0. The van der Waals surface area contributed by atoms with E-state index in [1.54, 1.807) is 18.4 Å². The maximum absolute atomic E-state index is 5.38. The van der Waals surface area contributed by atoms with Gasteiger partial charge in [0, 0.05) is 10.9 Å². The summed E-state index contributed by atoms with van der Waals surface area (Å²) < 4.78 is 10.5. The second-order valence-corrected chi connectivity index (χ2v) is 5.34. The molecule has 1 aromatic heterocycles. The topological polar surface area (TPSA) is 35.8 Å². The van der Waals surface area contributed by atoms with Crippen molar-refractivity contribution in [2.24, 2.45) is 0 Å². The van der Waals surface area contributed by atoms with Crippen LogP contribution in [0.25, 0.3) is 11.3 Å². The summed E-state index contributed by atoms with van der Waals surface area (Å²) in [6, 6.07) is 8.03. The Bertz CT molecular complexity index is 538. The Balaban J connectivity index is 0.00000147. The second kappa shape index (κ2) is 7.17. The van der Waals surface area contributed by atoms with E-state index in [2.05, 4.69) is 5.38 Å². The van der Waals surface area contributed by atoms with Crippen LogP contribution in [0.3, 0.4) is 0 Å². The number of thiazole rings is 1. The molecule has 1 aliphatic heterocycles. The van der Waals surface area contributed by atoms with E-state index < -0.39 is 0 Å². The van der Waals surface area contributed by atoms with Crippen LogP contribution in [-0.4, -0.2) is 38.4 Å². The number of halogens is 1. The van der Waals surface area contributed by atoms with Gasteiger partial charge in [0.15, 0.2) is 0 Å². The number of nitrogens with zero attached hydrogens (tertiary/aromatic N) is 1. The van der Waals surface area contributed by atoms with E-state index in [0.29, 0.717) is 0 Å². The van der Waals surface area contributed by atoms with Gasteiger partial charge in [-0.1, -0.05) is 11.3 Å². The third-order valence-electron chi connectivity index (χ3n) is 3.29. The zero-order valence-electron chi connectivity index (χ0n) is 11.3. The van der Waals surface area contributed by atoms with Crippen molar-refractivity contribution in [3.63, 3.8) is 0 Å². The SMILES string of the molecule is COc1ccc(-c2csc([NH+]3CCOCC3)n2)cc1.[Br-]. The summed E-state index contributed by atoms with van der Waals surface area (Å²) in [5.74, 6) is 0.873. The number of quaternary nitrogens is 1. The summed E-state index contributed by atoms with van der Waals surface area (Å²) in [6.07, 6.45) is 0. The number of hydrogen-bond donors (Lipinski definition) is 1. The number of benzene rings is 1. The number of methoxy groups -OCH3 is 1. The molecular formula is C14H17BrN2O2S. The Morgan fingerprint density at radius 1 is 1.20 bits per heavy atom. The molecule has 1 aliphatic rings. The first-order valence-electron chi connectivity index (χ1n) is 6.39. The average Bonchev–Trinajstić information content (AvgIpc) is 2.98. The van der Waals surface area contributed by atoms with E-state index in [4.69, 9.17) is 14.5 Å². The van der Waals surface area contributed by atoms with Crippen LogP contribution in [0.4, 0.5) is 5.13 Å². The van der Waals surface area contributed by atoms with Crippen LogP contribution < -0.4 is 26.6 Å². The molecule has 0 radical (unpaired) electrons. The van der Waals surface area contributed by atoms with Gasteiger partial charge >= 0.3 is 0 Å². The molecule has 1 N–H and O–H groups in total. The Morgan fingerprint density at radius 3 is 2.55 bits per heavy atom. The zero-order valence-corrected chi connectivity index (χ0v) is 13.7. The molecule has 1 saturated heterocycles.